The molecule has 1 heterocycles. The maximum absolute atomic E-state index is 11.3. The molecular formula is C11H10N2OS. The van der Waals surface area contributed by atoms with Gasteiger partial charge in [-0.3, -0.25) is 4.79 Å². The lowest BCUT2D eigenvalue weighted by Crippen LogP contribution is -2.17. The Morgan fingerprint density at radius 1 is 1.33 bits per heavy atom. The minimum Gasteiger partial charge on any atom is -0.354 e. The highest BCUT2D eigenvalue weighted by Crippen LogP contribution is 2.24. The molecule has 0 aliphatic carbocycles. The van der Waals surface area contributed by atoms with E-state index in [0.29, 0.717) is 5.69 Å². The summed E-state index contributed by atoms with van der Waals surface area (Å²) < 4.78 is 4.09. The maximum Gasteiger partial charge on any atom is 0.270 e. The van der Waals surface area contributed by atoms with E-state index in [2.05, 4.69) is 9.69 Å². The molecule has 0 aliphatic rings. The number of carbonyl (C=O) groups is 1. The summed E-state index contributed by atoms with van der Waals surface area (Å²) in [6, 6.07) is 11.7. The molecular weight excluding hydrogens is 208 g/mol. The number of benzene rings is 1. The number of nitrogens with zero attached hydrogens (tertiary/aromatic N) is 1. The van der Waals surface area contributed by atoms with Crippen molar-refractivity contribution in [2.75, 3.05) is 7.05 Å². The fourth-order valence-electron chi connectivity index (χ4n) is 1.25. The van der Waals surface area contributed by atoms with E-state index >= 15 is 0 Å². The van der Waals surface area contributed by atoms with Crippen molar-refractivity contribution in [2.45, 2.75) is 0 Å². The van der Waals surface area contributed by atoms with Crippen molar-refractivity contribution in [1.29, 1.82) is 0 Å². The van der Waals surface area contributed by atoms with Gasteiger partial charge < -0.3 is 5.32 Å². The van der Waals surface area contributed by atoms with Crippen LogP contribution in [0.1, 0.15) is 10.5 Å². The van der Waals surface area contributed by atoms with Crippen molar-refractivity contribution in [2.24, 2.45) is 0 Å². The summed E-state index contributed by atoms with van der Waals surface area (Å²) in [5, 5.41) is 2.55. The third-order valence-electron chi connectivity index (χ3n) is 2.03. The molecule has 0 aliphatic heterocycles. The van der Waals surface area contributed by atoms with E-state index in [1.54, 1.807) is 13.1 Å². The van der Waals surface area contributed by atoms with E-state index in [1.165, 1.54) is 11.5 Å². The van der Waals surface area contributed by atoms with Crippen LogP contribution in [0.25, 0.3) is 10.4 Å². The molecule has 76 valence electrons. The first-order valence-corrected chi connectivity index (χ1v) is 5.33. The monoisotopic (exact) mass is 218 g/mol. The van der Waals surface area contributed by atoms with E-state index < -0.39 is 0 Å². The normalized spacial score (nSPS) is 9.93. The molecule has 0 bridgehead atoms. The molecule has 0 radical (unpaired) electrons. The summed E-state index contributed by atoms with van der Waals surface area (Å²) in [5.74, 6) is -0.145. The topological polar surface area (TPSA) is 42.0 Å². The lowest BCUT2D eigenvalue weighted by molar-refractivity contribution is 0.0959. The smallest absolute Gasteiger partial charge is 0.270 e. The quantitative estimate of drug-likeness (QED) is 0.839. The van der Waals surface area contributed by atoms with E-state index in [0.717, 1.165) is 10.4 Å². The number of carbonyl (C=O) groups excluding carboxylic acids is 1. The lowest BCUT2D eigenvalue weighted by atomic mass is 10.2. The van der Waals surface area contributed by atoms with Gasteiger partial charge in [-0.1, -0.05) is 30.3 Å². The van der Waals surface area contributed by atoms with E-state index in [-0.39, 0.29) is 5.91 Å². The number of aromatic nitrogens is 1. The first-order valence-electron chi connectivity index (χ1n) is 4.55. The van der Waals surface area contributed by atoms with E-state index in [4.69, 9.17) is 0 Å². The molecule has 0 saturated carbocycles. The Morgan fingerprint density at radius 2 is 2.07 bits per heavy atom. The highest BCUT2D eigenvalue weighted by atomic mass is 32.1. The maximum atomic E-state index is 11.3. The Bertz CT molecular complexity index is 464. The third kappa shape index (κ3) is 2.05. The number of amides is 1. The average molecular weight is 218 g/mol. The lowest BCUT2D eigenvalue weighted by Gasteiger charge is -1.93. The Kier molecular flexibility index (Phi) is 2.78. The molecule has 1 amide bonds. The Morgan fingerprint density at radius 3 is 2.73 bits per heavy atom. The minimum atomic E-state index is -0.145. The largest absolute Gasteiger partial charge is 0.354 e. The van der Waals surface area contributed by atoms with Crippen LogP contribution in [0.3, 0.4) is 0 Å². The molecule has 0 spiro atoms. The predicted molar refractivity (Wildman–Crippen MR) is 60.9 cm³/mol. The van der Waals surface area contributed by atoms with Crippen molar-refractivity contribution >= 4 is 17.4 Å². The number of rotatable bonds is 2. The average Bonchev–Trinajstić information content (AvgIpc) is 2.78. The van der Waals surface area contributed by atoms with Crippen LogP contribution in [-0.2, 0) is 0 Å². The van der Waals surface area contributed by atoms with Crippen LogP contribution in [0, 0.1) is 0 Å². The van der Waals surface area contributed by atoms with E-state index in [1.807, 2.05) is 30.3 Å². The summed E-state index contributed by atoms with van der Waals surface area (Å²) in [6.45, 7) is 0. The summed E-state index contributed by atoms with van der Waals surface area (Å²) in [6.07, 6.45) is 0. The SMILES string of the molecule is CNC(=O)c1cc(-c2ccccc2)sn1. The second-order valence-corrected chi connectivity index (χ2v) is 3.83. The van der Waals surface area contributed by atoms with Gasteiger partial charge in [0, 0.05) is 7.05 Å². The van der Waals surface area contributed by atoms with Crippen molar-refractivity contribution < 1.29 is 4.79 Å². The van der Waals surface area contributed by atoms with Crippen LogP contribution in [-0.4, -0.2) is 17.3 Å². The van der Waals surface area contributed by atoms with Crippen LogP contribution in [0.4, 0.5) is 0 Å². The fourth-order valence-corrected chi connectivity index (χ4v) is 1.99. The van der Waals surface area contributed by atoms with Crippen LogP contribution in [0.15, 0.2) is 36.4 Å². The number of nitrogens with one attached hydrogen (secondary N) is 1. The van der Waals surface area contributed by atoms with Crippen LogP contribution in [0.5, 0.6) is 0 Å². The zero-order valence-electron chi connectivity index (χ0n) is 8.23. The van der Waals surface area contributed by atoms with Gasteiger partial charge in [0.1, 0.15) is 5.69 Å². The number of hydrogen-bond acceptors (Lipinski definition) is 3. The van der Waals surface area contributed by atoms with Crippen LogP contribution < -0.4 is 5.32 Å². The van der Waals surface area contributed by atoms with Crippen molar-refractivity contribution in [3.05, 3.63) is 42.1 Å². The van der Waals surface area contributed by atoms with Gasteiger partial charge >= 0.3 is 0 Å². The second kappa shape index (κ2) is 4.23. The molecule has 1 N–H and O–H groups in total. The molecule has 0 saturated heterocycles. The van der Waals surface area contributed by atoms with Crippen molar-refractivity contribution in [3.63, 3.8) is 0 Å². The highest BCUT2D eigenvalue weighted by molar-refractivity contribution is 7.09. The third-order valence-corrected chi connectivity index (χ3v) is 2.87. The molecule has 0 fully saturated rings. The molecule has 3 nitrogen and oxygen atoms in total. The zero-order chi connectivity index (χ0) is 10.7. The Labute approximate surface area is 91.9 Å². The molecule has 15 heavy (non-hydrogen) atoms. The molecule has 4 heteroatoms. The Hall–Kier alpha value is -1.68. The van der Waals surface area contributed by atoms with Crippen LogP contribution in [0.2, 0.25) is 0 Å². The predicted octanol–water partition coefficient (Wildman–Crippen LogP) is 2.17. The van der Waals surface area contributed by atoms with Gasteiger partial charge in [-0.2, -0.15) is 4.37 Å². The first kappa shape index (κ1) is 9.86. The van der Waals surface area contributed by atoms with Crippen molar-refractivity contribution in [3.8, 4) is 10.4 Å². The molecule has 1 aromatic carbocycles. The summed E-state index contributed by atoms with van der Waals surface area (Å²) >= 11 is 1.34. The summed E-state index contributed by atoms with van der Waals surface area (Å²) in [5.41, 5.74) is 1.56. The van der Waals surface area contributed by atoms with E-state index in [9.17, 15) is 4.79 Å². The van der Waals surface area contributed by atoms with Crippen molar-refractivity contribution in [1.82, 2.24) is 9.69 Å². The van der Waals surface area contributed by atoms with Gasteiger partial charge in [0.15, 0.2) is 0 Å². The molecule has 0 unspecified atom stereocenters. The van der Waals surface area contributed by atoms with Gasteiger partial charge in [0.25, 0.3) is 5.91 Å². The summed E-state index contributed by atoms with van der Waals surface area (Å²) in [7, 11) is 1.60. The van der Waals surface area contributed by atoms with Gasteiger partial charge in [0.05, 0.1) is 4.88 Å². The van der Waals surface area contributed by atoms with Gasteiger partial charge in [-0.05, 0) is 23.2 Å². The van der Waals surface area contributed by atoms with Gasteiger partial charge in [0.2, 0.25) is 0 Å². The molecule has 2 aromatic rings. The zero-order valence-corrected chi connectivity index (χ0v) is 9.04. The van der Waals surface area contributed by atoms with Gasteiger partial charge in [-0.15, -0.1) is 0 Å². The Balaban J connectivity index is 2.32. The first-order chi connectivity index (χ1) is 7.31. The minimum absolute atomic E-state index is 0.145. The fraction of sp³-hybridized carbons (Fsp3) is 0.0909. The van der Waals surface area contributed by atoms with Crippen LogP contribution >= 0.6 is 11.5 Å². The highest BCUT2D eigenvalue weighted by Gasteiger charge is 2.09. The van der Waals surface area contributed by atoms with Gasteiger partial charge in [-0.25, -0.2) is 0 Å². The molecule has 2 rings (SSSR count). The standard InChI is InChI=1S/C11H10N2OS/c1-12-11(14)9-7-10(15-13-9)8-5-3-2-4-6-8/h2-7H,1H3,(H,12,14). The molecule has 0 atom stereocenters. The second-order valence-electron chi connectivity index (χ2n) is 3.02. The molecule has 1 aromatic heterocycles. The number of hydrogen-bond donors (Lipinski definition) is 1. The summed E-state index contributed by atoms with van der Waals surface area (Å²) in [4.78, 5) is 12.3.